The first-order valence-electron chi connectivity index (χ1n) is 9.77. The number of hydrogen-bond acceptors (Lipinski definition) is 6. The number of amides is 1. The smallest absolute Gasteiger partial charge is 0.243 e. The van der Waals surface area contributed by atoms with E-state index < -0.39 is 10.0 Å². The van der Waals surface area contributed by atoms with Gasteiger partial charge in [-0.25, -0.2) is 13.4 Å². The van der Waals surface area contributed by atoms with Gasteiger partial charge in [0.1, 0.15) is 5.52 Å². The van der Waals surface area contributed by atoms with Crippen molar-refractivity contribution in [3.05, 3.63) is 53.9 Å². The summed E-state index contributed by atoms with van der Waals surface area (Å²) in [7, 11) is -3.57. The predicted octanol–water partition coefficient (Wildman–Crippen LogP) is 2.60. The Morgan fingerprint density at radius 3 is 2.47 bits per heavy atom. The fraction of sp³-hybridized carbons (Fsp3) is 0.333. The van der Waals surface area contributed by atoms with Crippen LogP contribution >= 0.6 is 0 Å². The van der Waals surface area contributed by atoms with E-state index in [1.807, 2.05) is 25.1 Å². The Bertz CT molecular complexity index is 1160. The minimum Gasteiger partial charge on any atom is -0.439 e. The van der Waals surface area contributed by atoms with E-state index in [1.165, 1.54) is 23.4 Å². The maximum Gasteiger partial charge on any atom is 0.243 e. The SMILES string of the molecule is CC(=O)Nc1ccc(S(=O)(=O)N2CCN(Cc3nc4cc(C)ccc4o3)CC2)cc1. The fourth-order valence-electron chi connectivity index (χ4n) is 3.53. The molecule has 1 aromatic heterocycles. The van der Waals surface area contributed by atoms with Crippen LogP contribution in [0.25, 0.3) is 11.1 Å². The third kappa shape index (κ3) is 4.38. The fourth-order valence-corrected chi connectivity index (χ4v) is 4.96. The molecule has 9 heteroatoms. The number of sulfonamides is 1. The standard InChI is InChI=1S/C21H24N4O4S/c1-15-3-8-20-19(13-15)23-21(29-20)14-24-9-11-25(12-10-24)30(27,28)18-6-4-17(5-7-18)22-16(2)26/h3-8,13H,9-12,14H2,1-2H3,(H,22,26). The highest BCUT2D eigenvalue weighted by Gasteiger charge is 2.29. The summed E-state index contributed by atoms with van der Waals surface area (Å²) in [4.78, 5) is 18.0. The van der Waals surface area contributed by atoms with Crippen molar-refractivity contribution in [3.8, 4) is 0 Å². The van der Waals surface area contributed by atoms with Crippen LogP contribution in [0, 0.1) is 6.92 Å². The molecule has 1 amide bonds. The first-order chi connectivity index (χ1) is 14.3. The van der Waals surface area contributed by atoms with E-state index >= 15 is 0 Å². The first kappa shape index (κ1) is 20.5. The summed E-state index contributed by atoms with van der Waals surface area (Å²) in [5, 5.41) is 2.64. The van der Waals surface area contributed by atoms with Crippen LogP contribution in [0.4, 0.5) is 5.69 Å². The molecule has 0 spiro atoms. The first-order valence-corrected chi connectivity index (χ1v) is 11.2. The summed E-state index contributed by atoms with van der Waals surface area (Å²) in [5.41, 5.74) is 3.31. The molecule has 0 aliphatic carbocycles. The highest BCUT2D eigenvalue weighted by Crippen LogP contribution is 2.22. The molecule has 158 valence electrons. The molecule has 30 heavy (non-hydrogen) atoms. The lowest BCUT2D eigenvalue weighted by molar-refractivity contribution is -0.114. The monoisotopic (exact) mass is 428 g/mol. The number of benzene rings is 2. The number of fused-ring (bicyclic) bond motifs is 1. The lowest BCUT2D eigenvalue weighted by Gasteiger charge is -2.33. The van der Waals surface area contributed by atoms with Crippen molar-refractivity contribution in [2.75, 3.05) is 31.5 Å². The van der Waals surface area contributed by atoms with E-state index in [4.69, 9.17) is 4.42 Å². The Morgan fingerprint density at radius 2 is 1.80 bits per heavy atom. The minimum atomic E-state index is -3.57. The average molecular weight is 429 g/mol. The van der Waals surface area contributed by atoms with Crippen molar-refractivity contribution in [1.29, 1.82) is 0 Å². The van der Waals surface area contributed by atoms with Gasteiger partial charge in [0, 0.05) is 38.8 Å². The number of rotatable bonds is 5. The quantitative estimate of drug-likeness (QED) is 0.671. The molecule has 2 heterocycles. The summed E-state index contributed by atoms with van der Waals surface area (Å²) in [6.45, 7) is 5.96. The van der Waals surface area contributed by atoms with Gasteiger partial charge in [-0.05, 0) is 48.9 Å². The molecule has 1 aliphatic rings. The highest BCUT2D eigenvalue weighted by molar-refractivity contribution is 7.89. The average Bonchev–Trinajstić information content (AvgIpc) is 3.09. The van der Waals surface area contributed by atoms with E-state index in [-0.39, 0.29) is 10.8 Å². The van der Waals surface area contributed by atoms with E-state index in [0.29, 0.717) is 44.3 Å². The summed E-state index contributed by atoms with van der Waals surface area (Å²) in [6.07, 6.45) is 0. The van der Waals surface area contributed by atoms with Crippen LogP contribution in [0.1, 0.15) is 18.4 Å². The van der Waals surface area contributed by atoms with Gasteiger partial charge in [0.15, 0.2) is 5.58 Å². The largest absolute Gasteiger partial charge is 0.439 e. The normalized spacial score (nSPS) is 16.1. The van der Waals surface area contributed by atoms with Crippen molar-refractivity contribution in [1.82, 2.24) is 14.2 Å². The molecule has 8 nitrogen and oxygen atoms in total. The second-order valence-electron chi connectivity index (χ2n) is 7.46. The molecule has 3 aromatic rings. The number of piperazine rings is 1. The molecule has 2 aromatic carbocycles. The molecule has 4 rings (SSSR count). The zero-order valence-electron chi connectivity index (χ0n) is 17.0. The number of carbonyl (C=O) groups is 1. The van der Waals surface area contributed by atoms with Gasteiger partial charge < -0.3 is 9.73 Å². The molecule has 1 aliphatic heterocycles. The van der Waals surface area contributed by atoms with Crippen molar-refractivity contribution < 1.29 is 17.6 Å². The lowest BCUT2D eigenvalue weighted by atomic mass is 10.2. The van der Waals surface area contributed by atoms with Gasteiger partial charge in [0.2, 0.25) is 21.8 Å². The Hall–Kier alpha value is -2.75. The Morgan fingerprint density at radius 1 is 1.10 bits per heavy atom. The predicted molar refractivity (Wildman–Crippen MR) is 114 cm³/mol. The zero-order chi connectivity index (χ0) is 21.3. The molecule has 0 bridgehead atoms. The van der Waals surface area contributed by atoms with E-state index in [2.05, 4.69) is 15.2 Å². The van der Waals surface area contributed by atoms with Crippen LogP contribution in [-0.4, -0.2) is 54.7 Å². The number of carbonyl (C=O) groups excluding carboxylic acids is 1. The number of anilines is 1. The van der Waals surface area contributed by atoms with Crippen molar-refractivity contribution >= 4 is 32.7 Å². The van der Waals surface area contributed by atoms with Gasteiger partial charge in [-0.15, -0.1) is 0 Å². The van der Waals surface area contributed by atoms with Gasteiger partial charge in [0.05, 0.1) is 11.4 Å². The number of oxazole rings is 1. The number of aryl methyl sites for hydroxylation is 1. The minimum absolute atomic E-state index is 0.198. The van der Waals surface area contributed by atoms with Gasteiger partial charge in [-0.1, -0.05) is 6.07 Å². The number of aromatic nitrogens is 1. The number of hydrogen-bond donors (Lipinski definition) is 1. The van der Waals surface area contributed by atoms with Crippen LogP contribution < -0.4 is 5.32 Å². The van der Waals surface area contributed by atoms with Crippen LogP contribution in [0.5, 0.6) is 0 Å². The second-order valence-corrected chi connectivity index (χ2v) is 9.40. The maximum absolute atomic E-state index is 12.9. The van der Waals surface area contributed by atoms with Gasteiger partial charge in [0.25, 0.3) is 0 Å². The molecule has 1 fully saturated rings. The summed E-state index contributed by atoms with van der Waals surface area (Å²) >= 11 is 0. The van der Waals surface area contributed by atoms with Crippen LogP contribution in [-0.2, 0) is 21.4 Å². The third-order valence-corrected chi connectivity index (χ3v) is 7.00. The molecular weight excluding hydrogens is 404 g/mol. The van der Waals surface area contributed by atoms with Gasteiger partial charge in [-0.3, -0.25) is 9.69 Å². The Labute approximate surface area is 175 Å². The molecular formula is C21H24N4O4S. The van der Waals surface area contributed by atoms with Crippen molar-refractivity contribution in [2.24, 2.45) is 0 Å². The molecule has 0 atom stereocenters. The van der Waals surface area contributed by atoms with E-state index in [0.717, 1.165) is 16.7 Å². The second kappa shape index (κ2) is 8.17. The number of nitrogens with one attached hydrogen (secondary N) is 1. The summed E-state index contributed by atoms with van der Waals surface area (Å²) in [5.74, 6) is 0.441. The van der Waals surface area contributed by atoms with Crippen LogP contribution in [0.2, 0.25) is 0 Å². The Kier molecular flexibility index (Phi) is 5.59. The van der Waals surface area contributed by atoms with Crippen molar-refractivity contribution in [2.45, 2.75) is 25.3 Å². The molecule has 1 saturated heterocycles. The summed E-state index contributed by atoms with van der Waals surface area (Å²) < 4.78 is 33.2. The summed E-state index contributed by atoms with van der Waals surface area (Å²) in [6, 6.07) is 12.1. The zero-order valence-corrected chi connectivity index (χ0v) is 17.8. The van der Waals surface area contributed by atoms with Gasteiger partial charge in [-0.2, -0.15) is 4.31 Å². The number of nitrogens with zero attached hydrogens (tertiary/aromatic N) is 3. The van der Waals surface area contributed by atoms with Crippen LogP contribution in [0.15, 0.2) is 51.8 Å². The van der Waals surface area contributed by atoms with Crippen molar-refractivity contribution in [3.63, 3.8) is 0 Å². The van der Waals surface area contributed by atoms with E-state index in [1.54, 1.807) is 12.1 Å². The lowest BCUT2D eigenvalue weighted by Crippen LogP contribution is -2.48. The topological polar surface area (TPSA) is 95.8 Å². The Balaban J connectivity index is 1.38. The molecule has 1 N–H and O–H groups in total. The third-order valence-electron chi connectivity index (χ3n) is 5.09. The van der Waals surface area contributed by atoms with E-state index in [9.17, 15) is 13.2 Å². The molecule has 0 saturated carbocycles. The highest BCUT2D eigenvalue weighted by atomic mass is 32.2. The molecule has 0 radical (unpaired) electrons. The molecule has 0 unspecified atom stereocenters. The maximum atomic E-state index is 12.9. The van der Waals surface area contributed by atoms with Crippen LogP contribution in [0.3, 0.4) is 0 Å². The van der Waals surface area contributed by atoms with Gasteiger partial charge >= 0.3 is 0 Å².